The van der Waals surface area contributed by atoms with Crippen molar-refractivity contribution in [2.75, 3.05) is 13.1 Å². The van der Waals surface area contributed by atoms with Gasteiger partial charge in [-0.3, -0.25) is 4.79 Å². The number of carbonyl (C=O) groups excluding carboxylic acids is 1. The molecule has 0 aliphatic carbocycles. The largest absolute Gasteiger partial charge is 0.345 e. The molecular formula is C19H24BrN5O3S. The Bertz CT molecular complexity index is 1010. The molecule has 10 heteroatoms. The fraction of sp³-hybridized carbons (Fsp3) is 0.526. The molecule has 1 aromatic heterocycles. The molecule has 3 heterocycles. The molecule has 2 aromatic rings. The lowest BCUT2D eigenvalue weighted by atomic mass is 10.2. The Balaban J connectivity index is 1.51. The van der Waals surface area contributed by atoms with Crippen LogP contribution in [-0.4, -0.2) is 46.5 Å². The van der Waals surface area contributed by atoms with Crippen LogP contribution in [0, 0.1) is 0 Å². The lowest BCUT2D eigenvalue weighted by molar-refractivity contribution is 0.0948. The van der Waals surface area contributed by atoms with Crippen molar-refractivity contribution in [1.82, 2.24) is 24.4 Å². The maximum Gasteiger partial charge on any atom is 0.252 e. The van der Waals surface area contributed by atoms with Crippen molar-refractivity contribution in [1.29, 1.82) is 0 Å². The highest BCUT2D eigenvalue weighted by Crippen LogP contribution is 2.25. The first-order valence-electron chi connectivity index (χ1n) is 9.95. The molecule has 1 amide bonds. The van der Waals surface area contributed by atoms with Crippen molar-refractivity contribution in [3.05, 3.63) is 39.9 Å². The molecule has 0 saturated carbocycles. The van der Waals surface area contributed by atoms with Crippen LogP contribution in [0.5, 0.6) is 0 Å². The van der Waals surface area contributed by atoms with Gasteiger partial charge < -0.3 is 9.88 Å². The van der Waals surface area contributed by atoms with E-state index in [2.05, 4.69) is 36.0 Å². The molecule has 4 rings (SSSR count). The van der Waals surface area contributed by atoms with Crippen molar-refractivity contribution in [3.8, 4) is 0 Å². The smallest absolute Gasteiger partial charge is 0.252 e. The molecule has 2 aliphatic heterocycles. The number of aromatic nitrogens is 3. The van der Waals surface area contributed by atoms with Gasteiger partial charge in [0.15, 0.2) is 5.82 Å². The van der Waals surface area contributed by atoms with Gasteiger partial charge in [-0.2, -0.15) is 4.31 Å². The van der Waals surface area contributed by atoms with Crippen LogP contribution in [0.4, 0.5) is 0 Å². The average molecular weight is 482 g/mol. The number of halogens is 1. The van der Waals surface area contributed by atoms with Crippen LogP contribution >= 0.6 is 15.9 Å². The molecule has 1 aromatic carbocycles. The second-order valence-corrected chi connectivity index (χ2v) is 10.2. The standard InChI is InChI=1S/C19H24BrN5O3S/c20-16-8-7-14(29(27,28)24-9-4-5-10-24)12-15(16)19(26)21-13-18-23-22-17-6-2-1-3-11-25(17)18/h7-8,12H,1-6,9-11,13H2,(H,21,26). The summed E-state index contributed by atoms with van der Waals surface area (Å²) in [7, 11) is -3.58. The zero-order valence-electron chi connectivity index (χ0n) is 16.1. The number of amides is 1. The summed E-state index contributed by atoms with van der Waals surface area (Å²) in [6.07, 6.45) is 5.99. The highest BCUT2D eigenvalue weighted by Gasteiger charge is 2.28. The van der Waals surface area contributed by atoms with Gasteiger partial charge in [-0.25, -0.2) is 8.42 Å². The maximum absolute atomic E-state index is 12.8. The third kappa shape index (κ3) is 4.24. The highest BCUT2D eigenvalue weighted by molar-refractivity contribution is 9.10. The van der Waals surface area contributed by atoms with Crippen LogP contribution in [0.3, 0.4) is 0 Å². The molecule has 0 atom stereocenters. The summed E-state index contributed by atoms with van der Waals surface area (Å²) in [6, 6.07) is 4.59. The van der Waals surface area contributed by atoms with Crippen LogP contribution < -0.4 is 5.32 Å². The number of benzene rings is 1. The summed E-state index contributed by atoms with van der Waals surface area (Å²) in [5, 5.41) is 11.3. The highest BCUT2D eigenvalue weighted by atomic mass is 79.9. The minimum atomic E-state index is -3.58. The van der Waals surface area contributed by atoms with E-state index in [0.717, 1.165) is 50.3 Å². The second-order valence-electron chi connectivity index (χ2n) is 7.43. The predicted molar refractivity (Wildman–Crippen MR) is 111 cm³/mol. The van der Waals surface area contributed by atoms with Crippen molar-refractivity contribution in [2.24, 2.45) is 0 Å². The van der Waals surface area contributed by atoms with Gasteiger partial charge in [0, 0.05) is 30.5 Å². The normalized spacial score (nSPS) is 17.7. The first kappa shape index (κ1) is 20.5. The van der Waals surface area contributed by atoms with Crippen molar-refractivity contribution in [2.45, 2.75) is 56.5 Å². The molecule has 29 heavy (non-hydrogen) atoms. The summed E-state index contributed by atoms with van der Waals surface area (Å²) in [4.78, 5) is 12.9. The Morgan fingerprint density at radius 2 is 1.83 bits per heavy atom. The monoisotopic (exact) mass is 481 g/mol. The zero-order valence-corrected chi connectivity index (χ0v) is 18.5. The quantitative estimate of drug-likeness (QED) is 0.707. The molecule has 2 aliphatic rings. The number of fused-ring (bicyclic) bond motifs is 1. The lowest BCUT2D eigenvalue weighted by Gasteiger charge is -2.16. The minimum Gasteiger partial charge on any atom is -0.345 e. The number of carbonyl (C=O) groups is 1. The van der Waals surface area contributed by atoms with Crippen LogP contribution in [-0.2, 0) is 29.5 Å². The molecule has 8 nitrogen and oxygen atoms in total. The molecule has 1 fully saturated rings. The van der Waals surface area contributed by atoms with Gasteiger partial charge in [-0.1, -0.05) is 6.42 Å². The summed E-state index contributed by atoms with van der Waals surface area (Å²) < 4.78 is 29.7. The maximum atomic E-state index is 12.8. The van der Waals surface area contributed by atoms with Gasteiger partial charge in [0.05, 0.1) is 17.0 Å². The Morgan fingerprint density at radius 3 is 2.62 bits per heavy atom. The number of sulfonamides is 1. The Labute approximate surface area is 178 Å². The van der Waals surface area contributed by atoms with Crippen LogP contribution in [0.1, 0.15) is 54.1 Å². The van der Waals surface area contributed by atoms with E-state index in [1.165, 1.54) is 22.9 Å². The molecule has 1 saturated heterocycles. The molecule has 0 bridgehead atoms. The summed E-state index contributed by atoms with van der Waals surface area (Å²) in [5.74, 6) is 1.35. The molecular weight excluding hydrogens is 458 g/mol. The van der Waals surface area contributed by atoms with E-state index in [-0.39, 0.29) is 17.3 Å². The van der Waals surface area contributed by atoms with Crippen molar-refractivity contribution < 1.29 is 13.2 Å². The first-order chi connectivity index (χ1) is 14.0. The van der Waals surface area contributed by atoms with Crippen LogP contribution in [0.2, 0.25) is 0 Å². The van der Waals surface area contributed by atoms with Gasteiger partial charge in [-0.15, -0.1) is 10.2 Å². The molecule has 0 radical (unpaired) electrons. The topological polar surface area (TPSA) is 97.2 Å². The third-order valence-electron chi connectivity index (χ3n) is 5.48. The van der Waals surface area contributed by atoms with Gasteiger partial charge in [-0.05, 0) is 59.8 Å². The number of rotatable bonds is 5. The average Bonchev–Trinajstić information content (AvgIpc) is 3.32. The van der Waals surface area contributed by atoms with Crippen molar-refractivity contribution >= 4 is 31.9 Å². The minimum absolute atomic E-state index is 0.143. The Hall–Kier alpha value is -1.78. The fourth-order valence-electron chi connectivity index (χ4n) is 3.85. The first-order valence-corrected chi connectivity index (χ1v) is 12.2. The van der Waals surface area contributed by atoms with E-state index in [1.807, 2.05) is 0 Å². The Kier molecular flexibility index (Phi) is 6.03. The second kappa shape index (κ2) is 8.53. The SMILES string of the molecule is O=C(NCc1nnc2n1CCCCC2)c1cc(S(=O)(=O)N2CCCC2)ccc1Br. The summed E-state index contributed by atoms with van der Waals surface area (Å²) >= 11 is 3.37. The van der Waals surface area contributed by atoms with E-state index in [1.54, 1.807) is 6.07 Å². The lowest BCUT2D eigenvalue weighted by Crippen LogP contribution is -2.29. The van der Waals surface area contributed by atoms with Crippen molar-refractivity contribution in [3.63, 3.8) is 0 Å². The van der Waals surface area contributed by atoms with Crippen LogP contribution in [0.25, 0.3) is 0 Å². The molecule has 0 spiro atoms. The number of aryl methyl sites for hydroxylation is 1. The number of nitrogens with one attached hydrogen (secondary N) is 1. The molecule has 0 unspecified atom stereocenters. The number of hydrogen-bond donors (Lipinski definition) is 1. The van der Waals surface area contributed by atoms with E-state index >= 15 is 0 Å². The van der Waals surface area contributed by atoms with E-state index in [0.29, 0.717) is 23.1 Å². The molecule has 156 valence electrons. The fourth-order valence-corrected chi connectivity index (χ4v) is 5.82. The van der Waals surface area contributed by atoms with Gasteiger partial charge >= 0.3 is 0 Å². The number of hydrogen-bond acceptors (Lipinski definition) is 5. The van der Waals surface area contributed by atoms with E-state index < -0.39 is 10.0 Å². The zero-order chi connectivity index (χ0) is 20.4. The molecule has 1 N–H and O–H groups in total. The summed E-state index contributed by atoms with van der Waals surface area (Å²) in [6.45, 7) is 2.16. The number of nitrogens with zero attached hydrogens (tertiary/aromatic N) is 4. The van der Waals surface area contributed by atoms with Gasteiger partial charge in [0.1, 0.15) is 5.82 Å². The summed E-state index contributed by atoms with van der Waals surface area (Å²) in [5.41, 5.74) is 0.292. The van der Waals surface area contributed by atoms with Crippen LogP contribution in [0.15, 0.2) is 27.6 Å². The predicted octanol–water partition coefficient (Wildman–Crippen LogP) is 2.48. The van der Waals surface area contributed by atoms with Gasteiger partial charge in [0.25, 0.3) is 5.91 Å². The Morgan fingerprint density at radius 1 is 1.07 bits per heavy atom. The van der Waals surface area contributed by atoms with E-state index in [4.69, 9.17) is 0 Å². The van der Waals surface area contributed by atoms with Gasteiger partial charge in [0.2, 0.25) is 10.0 Å². The van der Waals surface area contributed by atoms with E-state index in [9.17, 15) is 13.2 Å². The third-order valence-corrected chi connectivity index (χ3v) is 8.06.